The third-order valence-corrected chi connectivity index (χ3v) is 5.52. The van der Waals surface area contributed by atoms with Crippen LogP contribution in [0.1, 0.15) is 18.4 Å². The van der Waals surface area contributed by atoms with Crippen molar-refractivity contribution in [2.24, 2.45) is 0 Å². The van der Waals surface area contributed by atoms with Gasteiger partial charge >= 0.3 is 0 Å². The molecular weight excluding hydrogens is 288 g/mol. The molecule has 21 heavy (non-hydrogen) atoms. The van der Waals surface area contributed by atoms with Gasteiger partial charge in [0, 0.05) is 31.9 Å². The maximum absolute atomic E-state index is 12.7. The van der Waals surface area contributed by atoms with Gasteiger partial charge in [0.1, 0.15) is 0 Å². The summed E-state index contributed by atoms with van der Waals surface area (Å²) in [4.78, 5) is 6.17. The minimum Gasteiger partial charge on any atom is -0.316 e. The third-order valence-electron chi connectivity index (χ3n) is 3.65. The van der Waals surface area contributed by atoms with Gasteiger partial charge in [-0.05, 0) is 45.6 Å². The quantitative estimate of drug-likeness (QED) is 0.829. The van der Waals surface area contributed by atoms with Crippen molar-refractivity contribution in [2.45, 2.75) is 30.5 Å². The summed E-state index contributed by atoms with van der Waals surface area (Å²) in [5, 5.41) is 3.17. The highest BCUT2D eigenvalue weighted by atomic mass is 32.2. The molecule has 2 rings (SSSR count). The number of nitrogens with zero attached hydrogens (tertiary/aromatic N) is 3. The predicted molar refractivity (Wildman–Crippen MR) is 82.5 cm³/mol. The Labute approximate surface area is 127 Å². The van der Waals surface area contributed by atoms with E-state index in [4.69, 9.17) is 0 Å². The van der Waals surface area contributed by atoms with E-state index in [-0.39, 0.29) is 11.1 Å². The standard InChI is InChI=1S/C14H24N4O2S/c1-15-9-12-6-7-14(16-10-12)21(19,20)18-8-4-5-13(18)11-17(2)3/h6-7,10,13,15H,4-5,8-9,11H2,1-3H3. The molecule has 1 saturated heterocycles. The van der Waals surface area contributed by atoms with Crippen LogP contribution in [0.25, 0.3) is 0 Å². The molecule has 0 bridgehead atoms. The van der Waals surface area contributed by atoms with Crippen molar-refractivity contribution < 1.29 is 8.42 Å². The van der Waals surface area contributed by atoms with E-state index >= 15 is 0 Å². The lowest BCUT2D eigenvalue weighted by molar-refractivity contribution is 0.291. The van der Waals surface area contributed by atoms with E-state index in [1.165, 1.54) is 0 Å². The molecule has 0 saturated carbocycles. The Morgan fingerprint density at radius 2 is 2.19 bits per heavy atom. The van der Waals surface area contributed by atoms with Crippen LogP contribution in [0.3, 0.4) is 0 Å². The van der Waals surface area contributed by atoms with Crippen molar-refractivity contribution in [3.8, 4) is 0 Å². The first-order valence-electron chi connectivity index (χ1n) is 7.21. The van der Waals surface area contributed by atoms with E-state index in [9.17, 15) is 8.42 Å². The molecule has 0 aromatic carbocycles. The Hall–Kier alpha value is -1.02. The van der Waals surface area contributed by atoms with E-state index in [0.29, 0.717) is 13.1 Å². The minimum atomic E-state index is -3.49. The van der Waals surface area contributed by atoms with Crippen LogP contribution in [-0.4, -0.2) is 62.9 Å². The van der Waals surface area contributed by atoms with E-state index in [1.807, 2.05) is 32.1 Å². The second-order valence-electron chi connectivity index (χ2n) is 5.71. The van der Waals surface area contributed by atoms with Gasteiger partial charge in [0.25, 0.3) is 10.0 Å². The first kappa shape index (κ1) is 16.4. The molecule has 118 valence electrons. The van der Waals surface area contributed by atoms with E-state index in [1.54, 1.807) is 16.6 Å². The van der Waals surface area contributed by atoms with Gasteiger partial charge in [-0.1, -0.05) is 6.07 Å². The van der Waals surface area contributed by atoms with E-state index in [2.05, 4.69) is 10.3 Å². The lowest BCUT2D eigenvalue weighted by Gasteiger charge is -2.26. The summed E-state index contributed by atoms with van der Waals surface area (Å²) in [6.07, 6.45) is 3.45. The Kier molecular flexibility index (Phi) is 5.32. The molecule has 1 N–H and O–H groups in total. The number of sulfonamides is 1. The van der Waals surface area contributed by atoms with Gasteiger partial charge in [-0.15, -0.1) is 0 Å². The van der Waals surface area contributed by atoms with Crippen molar-refractivity contribution in [1.82, 2.24) is 19.5 Å². The van der Waals surface area contributed by atoms with E-state index < -0.39 is 10.0 Å². The van der Waals surface area contributed by atoms with Crippen molar-refractivity contribution in [2.75, 3.05) is 34.2 Å². The average Bonchev–Trinajstić information content (AvgIpc) is 2.88. The summed E-state index contributed by atoms with van der Waals surface area (Å²) in [5.41, 5.74) is 0.975. The van der Waals surface area contributed by atoms with Crippen LogP contribution in [0.4, 0.5) is 0 Å². The van der Waals surface area contributed by atoms with Crippen LogP contribution in [0, 0.1) is 0 Å². The molecule has 7 heteroatoms. The number of likely N-dealkylation sites (N-methyl/N-ethyl adjacent to an activating group) is 1. The molecule has 2 heterocycles. The van der Waals surface area contributed by atoms with Gasteiger partial charge < -0.3 is 10.2 Å². The first-order valence-corrected chi connectivity index (χ1v) is 8.65. The maximum Gasteiger partial charge on any atom is 0.260 e. The number of aromatic nitrogens is 1. The van der Waals surface area contributed by atoms with Gasteiger partial charge in [-0.25, -0.2) is 13.4 Å². The smallest absolute Gasteiger partial charge is 0.260 e. The normalized spacial score (nSPS) is 20.3. The topological polar surface area (TPSA) is 65.5 Å². The monoisotopic (exact) mass is 312 g/mol. The summed E-state index contributed by atoms with van der Waals surface area (Å²) >= 11 is 0. The highest BCUT2D eigenvalue weighted by molar-refractivity contribution is 7.89. The highest BCUT2D eigenvalue weighted by Gasteiger charge is 2.36. The fraction of sp³-hybridized carbons (Fsp3) is 0.643. The van der Waals surface area contributed by atoms with Crippen molar-refractivity contribution in [1.29, 1.82) is 0 Å². The Balaban J connectivity index is 2.20. The fourth-order valence-electron chi connectivity index (χ4n) is 2.72. The number of rotatable bonds is 6. The predicted octanol–water partition coefficient (Wildman–Crippen LogP) is 0.516. The molecule has 1 atom stereocenters. The van der Waals surface area contributed by atoms with Gasteiger partial charge in [0.05, 0.1) is 0 Å². The Morgan fingerprint density at radius 3 is 2.76 bits per heavy atom. The maximum atomic E-state index is 12.7. The molecule has 1 fully saturated rings. The Morgan fingerprint density at radius 1 is 1.43 bits per heavy atom. The summed E-state index contributed by atoms with van der Waals surface area (Å²) in [6, 6.07) is 3.46. The SMILES string of the molecule is CNCc1ccc(S(=O)(=O)N2CCCC2CN(C)C)nc1. The van der Waals surface area contributed by atoms with Crippen LogP contribution in [0.2, 0.25) is 0 Å². The van der Waals surface area contributed by atoms with Crippen LogP contribution < -0.4 is 5.32 Å². The molecule has 0 amide bonds. The zero-order valence-electron chi connectivity index (χ0n) is 12.9. The molecule has 1 aromatic heterocycles. The number of hydrogen-bond acceptors (Lipinski definition) is 5. The molecule has 1 aromatic rings. The summed E-state index contributed by atoms with van der Waals surface area (Å²) in [6.45, 7) is 2.01. The molecule has 1 aliphatic rings. The molecule has 0 aliphatic carbocycles. The second-order valence-corrected chi connectivity index (χ2v) is 7.55. The third kappa shape index (κ3) is 3.79. The second kappa shape index (κ2) is 6.83. The Bertz CT molecular complexity index is 557. The lowest BCUT2D eigenvalue weighted by atomic mass is 10.2. The average molecular weight is 312 g/mol. The van der Waals surface area contributed by atoms with E-state index in [0.717, 1.165) is 24.9 Å². The van der Waals surface area contributed by atoms with Crippen LogP contribution in [0.5, 0.6) is 0 Å². The largest absolute Gasteiger partial charge is 0.316 e. The number of nitrogens with one attached hydrogen (secondary N) is 1. The van der Waals surface area contributed by atoms with Gasteiger partial charge in [0.2, 0.25) is 0 Å². The number of pyridine rings is 1. The van der Waals surface area contributed by atoms with Crippen molar-refractivity contribution in [3.05, 3.63) is 23.9 Å². The van der Waals surface area contributed by atoms with Crippen LogP contribution in [0.15, 0.2) is 23.4 Å². The van der Waals surface area contributed by atoms with Crippen molar-refractivity contribution in [3.63, 3.8) is 0 Å². The van der Waals surface area contributed by atoms with Crippen molar-refractivity contribution >= 4 is 10.0 Å². The zero-order chi connectivity index (χ0) is 15.5. The van der Waals surface area contributed by atoms with Gasteiger partial charge in [0.15, 0.2) is 5.03 Å². The molecular formula is C14H24N4O2S. The zero-order valence-corrected chi connectivity index (χ0v) is 13.7. The fourth-order valence-corrected chi connectivity index (χ4v) is 4.32. The molecule has 1 unspecified atom stereocenters. The molecule has 1 aliphatic heterocycles. The molecule has 6 nitrogen and oxygen atoms in total. The summed E-state index contributed by atoms with van der Waals surface area (Å²) in [7, 11) is 2.29. The molecule has 0 radical (unpaired) electrons. The first-order chi connectivity index (χ1) is 9.95. The summed E-state index contributed by atoms with van der Waals surface area (Å²) in [5.74, 6) is 0. The summed E-state index contributed by atoms with van der Waals surface area (Å²) < 4.78 is 27.1. The minimum absolute atomic E-state index is 0.0452. The van der Waals surface area contributed by atoms with Gasteiger partial charge in [-0.2, -0.15) is 4.31 Å². The van der Waals surface area contributed by atoms with Gasteiger partial charge in [-0.3, -0.25) is 0 Å². The number of hydrogen-bond donors (Lipinski definition) is 1. The lowest BCUT2D eigenvalue weighted by Crippen LogP contribution is -2.41. The van der Waals surface area contributed by atoms with Crippen LogP contribution >= 0.6 is 0 Å². The van der Waals surface area contributed by atoms with Crippen LogP contribution in [-0.2, 0) is 16.6 Å². The molecule has 0 spiro atoms. The highest BCUT2D eigenvalue weighted by Crippen LogP contribution is 2.25.